The lowest BCUT2D eigenvalue weighted by atomic mass is 9.87. The fourth-order valence-corrected chi connectivity index (χ4v) is 5.50. The summed E-state index contributed by atoms with van der Waals surface area (Å²) < 4.78 is 5.31. The Labute approximate surface area is 226 Å². The molecular weight excluding hydrogens is 476 g/mol. The van der Waals surface area contributed by atoms with Crippen molar-refractivity contribution in [3.8, 4) is 5.75 Å². The van der Waals surface area contributed by atoms with E-state index in [9.17, 15) is 4.79 Å². The van der Waals surface area contributed by atoms with Crippen LogP contribution in [0.4, 0.5) is 5.69 Å². The molecule has 8 heteroatoms. The molecule has 0 unspecified atom stereocenters. The molecule has 0 atom stereocenters. The summed E-state index contributed by atoms with van der Waals surface area (Å²) >= 11 is 0. The molecule has 3 aliphatic rings. The lowest BCUT2D eigenvalue weighted by Crippen LogP contribution is -2.57. The number of guanidine groups is 1. The van der Waals surface area contributed by atoms with E-state index in [2.05, 4.69) is 44.7 Å². The number of nitrogens with one attached hydrogen (secondary N) is 2. The highest BCUT2D eigenvalue weighted by Crippen LogP contribution is 2.26. The number of ether oxygens (including phenoxy) is 1. The first-order valence-corrected chi connectivity index (χ1v) is 13.8. The molecule has 202 valence electrons. The Kier molecular flexibility index (Phi) is 8.17. The van der Waals surface area contributed by atoms with Gasteiger partial charge in [-0.3, -0.25) is 15.2 Å². The van der Waals surface area contributed by atoms with Crippen LogP contribution in [0.5, 0.6) is 5.75 Å². The summed E-state index contributed by atoms with van der Waals surface area (Å²) in [6.07, 6.45) is 8.84. The van der Waals surface area contributed by atoms with Crippen molar-refractivity contribution in [1.82, 2.24) is 20.7 Å². The zero-order chi connectivity index (χ0) is 26.5. The summed E-state index contributed by atoms with van der Waals surface area (Å²) in [7, 11) is 3.51. The van der Waals surface area contributed by atoms with Crippen LogP contribution in [0.15, 0.2) is 53.7 Å². The van der Waals surface area contributed by atoms with E-state index in [0.717, 1.165) is 60.6 Å². The Morgan fingerprint density at radius 1 is 1.00 bits per heavy atom. The zero-order valence-electron chi connectivity index (χ0n) is 22.8. The number of amides is 1. The van der Waals surface area contributed by atoms with Gasteiger partial charge in [0.05, 0.1) is 13.7 Å². The second kappa shape index (κ2) is 11.9. The van der Waals surface area contributed by atoms with E-state index in [1.165, 1.54) is 25.7 Å². The van der Waals surface area contributed by atoms with Gasteiger partial charge in [0.15, 0.2) is 0 Å². The highest BCUT2D eigenvalue weighted by Gasteiger charge is 2.23. The Morgan fingerprint density at radius 3 is 2.42 bits per heavy atom. The average Bonchev–Trinajstić information content (AvgIpc) is 2.97. The predicted molar refractivity (Wildman–Crippen MR) is 153 cm³/mol. The number of hydrazine groups is 1. The molecule has 2 aromatic carbocycles. The van der Waals surface area contributed by atoms with Crippen molar-refractivity contribution >= 4 is 23.6 Å². The normalized spacial score (nSPS) is 22.1. The largest absolute Gasteiger partial charge is 0.497 e. The number of hydrogen-bond donors (Lipinski definition) is 2. The van der Waals surface area contributed by atoms with Crippen LogP contribution in [0.1, 0.15) is 54.1 Å². The predicted octanol–water partition coefficient (Wildman–Crippen LogP) is 4.10. The van der Waals surface area contributed by atoms with E-state index in [0.29, 0.717) is 18.2 Å². The topological polar surface area (TPSA) is 72.4 Å². The van der Waals surface area contributed by atoms with Crippen LogP contribution in [-0.4, -0.2) is 68.2 Å². The minimum Gasteiger partial charge on any atom is -0.497 e. The zero-order valence-corrected chi connectivity index (χ0v) is 22.8. The average molecular weight is 517 g/mol. The highest BCUT2D eigenvalue weighted by molar-refractivity contribution is 5.96. The molecule has 0 aromatic heterocycles. The maximum absolute atomic E-state index is 13.2. The maximum atomic E-state index is 13.2. The molecule has 0 spiro atoms. The lowest BCUT2D eigenvalue weighted by Gasteiger charge is -2.37. The first-order chi connectivity index (χ1) is 18.5. The second-order valence-corrected chi connectivity index (χ2v) is 10.6. The first kappa shape index (κ1) is 26.1. The van der Waals surface area contributed by atoms with Gasteiger partial charge in [-0.1, -0.05) is 13.0 Å². The third kappa shape index (κ3) is 6.13. The van der Waals surface area contributed by atoms with Gasteiger partial charge in [-0.05, 0) is 85.2 Å². The molecular formula is C30H40N6O2. The summed E-state index contributed by atoms with van der Waals surface area (Å²) in [6.45, 7) is 6.51. The van der Waals surface area contributed by atoms with Gasteiger partial charge in [0.25, 0.3) is 5.91 Å². The van der Waals surface area contributed by atoms with Crippen LogP contribution in [0.3, 0.4) is 0 Å². The summed E-state index contributed by atoms with van der Waals surface area (Å²) in [5.41, 5.74) is 7.54. The van der Waals surface area contributed by atoms with Gasteiger partial charge >= 0.3 is 0 Å². The van der Waals surface area contributed by atoms with Crippen molar-refractivity contribution in [2.45, 2.75) is 45.2 Å². The number of methoxy groups -OCH3 is 1. The van der Waals surface area contributed by atoms with E-state index in [1.54, 1.807) is 12.0 Å². The van der Waals surface area contributed by atoms with Crippen molar-refractivity contribution < 1.29 is 9.53 Å². The summed E-state index contributed by atoms with van der Waals surface area (Å²) in [4.78, 5) is 21.7. The van der Waals surface area contributed by atoms with Gasteiger partial charge in [-0.15, -0.1) is 0 Å². The number of carbonyl (C=O) groups excluding carboxylic acids is 1. The summed E-state index contributed by atoms with van der Waals surface area (Å²) in [6, 6.07) is 14.5. The third-order valence-electron chi connectivity index (χ3n) is 7.99. The van der Waals surface area contributed by atoms with E-state index < -0.39 is 0 Å². The van der Waals surface area contributed by atoms with Gasteiger partial charge in [-0.25, -0.2) is 5.01 Å². The molecule has 8 nitrogen and oxygen atoms in total. The van der Waals surface area contributed by atoms with Gasteiger partial charge in [0.1, 0.15) is 5.75 Å². The van der Waals surface area contributed by atoms with Crippen molar-refractivity contribution in [2.75, 3.05) is 45.2 Å². The third-order valence-corrected chi connectivity index (χ3v) is 7.99. The van der Waals surface area contributed by atoms with Crippen molar-refractivity contribution in [2.24, 2.45) is 10.9 Å². The van der Waals surface area contributed by atoms with E-state index in [-0.39, 0.29) is 5.91 Å². The highest BCUT2D eigenvalue weighted by atomic mass is 16.5. The molecule has 1 aliphatic carbocycles. The Bertz CT molecular complexity index is 1160. The Hall–Kier alpha value is -3.52. The summed E-state index contributed by atoms with van der Waals surface area (Å²) in [5, 5.41) is 5.85. The molecule has 2 heterocycles. The smallest absolute Gasteiger partial charge is 0.258 e. The molecule has 38 heavy (non-hydrogen) atoms. The molecule has 1 amide bonds. The molecule has 5 rings (SSSR count). The standard InChI is InChI=1S/C30H40N6O2/c1-22-4-9-26(10-5-22)32-30(31-2)33-36-18-16-34(17-19-36)27-11-6-23(7-12-27)29(37)35-15-14-24-20-28(38-3)13-8-25(24)21-35/h6-8,11-15,20,22,26H,4-5,9-10,16-19,21H2,1-3H3,(H2,31,32,33). The van der Waals surface area contributed by atoms with Crippen LogP contribution < -0.4 is 20.4 Å². The molecule has 1 saturated carbocycles. The van der Waals surface area contributed by atoms with Crippen LogP contribution in [0, 0.1) is 5.92 Å². The number of hydrogen-bond acceptors (Lipinski definition) is 5. The number of aliphatic imine (C=N–C) groups is 1. The van der Waals surface area contributed by atoms with Crippen LogP contribution in [0.2, 0.25) is 0 Å². The van der Waals surface area contributed by atoms with Crippen LogP contribution in [-0.2, 0) is 6.54 Å². The number of nitrogens with zero attached hydrogens (tertiary/aromatic N) is 4. The minimum absolute atomic E-state index is 0.00888. The van der Waals surface area contributed by atoms with Gasteiger partial charge in [-0.2, -0.15) is 0 Å². The van der Waals surface area contributed by atoms with Crippen LogP contribution >= 0.6 is 0 Å². The van der Waals surface area contributed by atoms with Gasteiger partial charge < -0.3 is 19.9 Å². The van der Waals surface area contributed by atoms with Crippen LogP contribution in [0.25, 0.3) is 6.08 Å². The molecule has 2 N–H and O–H groups in total. The molecule has 0 radical (unpaired) electrons. The van der Waals surface area contributed by atoms with Gasteiger partial charge in [0, 0.05) is 56.7 Å². The second-order valence-electron chi connectivity index (χ2n) is 10.6. The number of carbonyl (C=O) groups is 1. The number of anilines is 1. The van der Waals surface area contributed by atoms with Gasteiger partial charge in [0.2, 0.25) is 5.96 Å². The van der Waals surface area contributed by atoms with Crippen molar-refractivity contribution in [3.05, 3.63) is 65.4 Å². The SMILES string of the molecule is CN=C(NC1CCC(C)CC1)NN1CCN(c2ccc(C(=O)N3C=Cc4cc(OC)ccc4C3)cc2)CC1. The summed E-state index contributed by atoms with van der Waals surface area (Å²) in [5.74, 6) is 2.54. The molecule has 2 fully saturated rings. The number of fused-ring (bicyclic) bond motifs is 1. The number of rotatable bonds is 5. The Morgan fingerprint density at radius 2 is 1.74 bits per heavy atom. The molecule has 2 aromatic rings. The Balaban J connectivity index is 1.11. The molecule has 2 aliphatic heterocycles. The maximum Gasteiger partial charge on any atom is 0.258 e. The van der Waals surface area contributed by atoms with Crippen molar-refractivity contribution in [1.29, 1.82) is 0 Å². The van der Waals surface area contributed by atoms with E-state index in [1.807, 2.05) is 49.7 Å². The lowest BCUT2D eigenvalue weighted by molar-refractivity contribution is 0.0813. The van der Waals surface area contributed by atoms with Crippen molar-refractivity contribution in [3.63, 3.8) is 0 Å². The van der Waals surface area contributed by atoms with E-state index in [4.69, 9.17) is 4.74 Å². The number of piperazine rings is 1. The fourth-order valence-electron chi connectivity index (χ4n) is 5.50. The minimum atomic E-state index is 0.00888. The molecule has 0 bridgehead atoms. The van der Waals surface area contributed by atoms with E-state index >= 15 is 0 Å². The number of benzene rings is 2. The fraction of sp³-hybridized carbons (Fsp3) is 0.467. The molecule has 1 saturated heterocycles. The first-order valence-electron chi connectivity index (χ1n) is 13.8. The monoisotopic (exact) mass is 516 g/mol. The quantitative estimate of drug-likeness (QED) is 0.461.